The lowest BCUT2D eigenvalue weighted by molar-refractivity contribution is -0.384. The van der Waals surface area contributed by atoms with Crippen LogP contribution in [0.3, 0.4) is 0 Å². The molecule has 0 bridgehead atoms. The molecule has 0 radical (unpaired) electrons. The zero-order valence-electron chi connectivity index (χ0n) is 18.0. The van der Waals surface area contributed by atoms with Crippen molar-refractivity contribution in [2.24, 2.45) is 5.10 Å². The van der Waals surface area contributed by atoms with Gasteiger partial charge in [-0.15, -0.1) is 0 Å². The highest BCUT2D eigenvalue weighted by atomic mass is 35.5. The fraction of sp³-hybridized carbons (Fsp3) is 0.217. The quantitative estimate of drug-likeness (QED) is 0.287. The molecule has 0 spiro atoms. The number of halogens is 1. The third-order valence-corrected chi connectivity index (χ3v) is 5.04. The zero-order valence-corrected chi connectivity index (χ0v) is 18.7. The van der Waals surface area contributed by atoms with Gasteiger partial charge in [0, 0.05) is 33.6 Å². The van der Waals surface area contributed by atoms with Gasteiger partial charge in [0.1, 0.15) is 11.4 Å². The Kier molecular flexibility index (Phi) is 7.27. The monoisotopic (exact) mass is 454 g/mol. The summed E-state index contributed by atoms with van der Waals surface area (Å²) in [7, 11) is 0. The van der Waals surface area contributed by atoms with Crippen molar-refractivity contribution >= 4 is 29.4 Å². The SMILES string of the molecule is CCCOc1ccc(C(=O)N/N=C/c2cc(C)n(-c3ccc(Cl)cc3[N+](=O)[O-])c2C)cc1. The van der Waals surface area contributed by atoms with Gasteiger partial charge < -0.3 is 9.30 Å². The van der Waals surface area contributed by atoms with Crippen LogP contribution in [-0.4, -0.2) is 28.2 Å². The van der Waals surface area contributed by atoms with E-state index in [1.165, 1.54) is 12.3 Å². The Morgan fingerprint density at radius 3 is 2.59 bits per heavy atom. The van der Waals surface area contributed by atoms with Crippen molar-refractivity contribution in [2.75, 3.05) is 6.61 Å². The topological polar surface area (TPSA) is 98.8 Å². The number of aryl methyl sites for hydroxylation is 1. The van der Waals surface area contributed by atoms with E-state index in [2.05, 4.69) is 10.5 Å². The summed E-state index contributed by atoms with van der Waals surface area (Å²) in [5.41, 5.74) is 5.50. The van der Waals surface area contributed by atoms with Gasteiger partial charge in [0.05, 0.1) is 17.7 Å². The minimum absolute atomic E-state index is 0.0949. The lowest BCUT2D eigenvalue weighted by atomic mass is 10.2. The number of hydrogen-bond acceptors (Lipinski definition) is 5. The van der Waals surface area contributed by atoms with Crippen molar-refractivity contribution < 1.29 is 14.5 Å². The summed E-state index contributed by atoms with van der Waals surface area (Å²) >= 11 is 5.93. The van der Waals surface area contributed by atoms with Crippen molar-refractivity contribution in [3.63, 3.8) is 0 Å². The van der Waals surface area contributed by atoms with Crippen LogP contribution < -0.4 is 10.2 Å². The van der Waals surface area contributed by atoms with Crippen LogP contribution in [0.4, 0.5) is 5.69 Å². The number of nitro groups is 1. The smallest absolute Gasteiger partial charge is 0.294 e. The Morgan fingerprint density at radius 2 is 1.94 bits per heavy atom. The molecular formula is C23H23ClN4O4. The predicted molar refractivity (Wildman–Crippen MR) is 124 cm³/mol. The third kappa shape index (κ3) is 5.15. The summed E-state index contributed by atoms with van der Waals surface area (Å²) in [5, 5.41) is 15.8. The molecule has 32 heavy (non-hydrogen) atoms. The second kappa shape index (κ2) is 10.1. The van der Waals surface area contributed by atoms with Crippen molar-refractivity contribution in [3.8, 4) is 11.4 Å². The molecule has 3 aromatic rings. The van der Waals surface area contributed by atoms with E-state index < -0.39 is 4.92 Å². The molecule has 166 valence electrons. The highest BCUT2D eigenvalue weighted by Gasteiger charge is 2.20. The van der Waals surface area contributed by atoms with E-state index in [-0.39, 0.29) is 16.6 Å². The molecule has 0 aliphatic heterocycles. The van der Waals surface area contributed by atoms with Crippen LogP contribution in [-0.2, 0) is 0 Å². The average molecular weight is 455 g/mol. The number of nitrogens with one attached hydrogen (secondary N) is 1. The number of hydrazone groups is 1. The number of carbonyl (C=O) groups excluding carboxylic acids is 1. The number of carbonyl (C=O) groups is 1. The normalized spacial score (nSPS) is 11.0. The van der Waals surface area contributed by atoms with E-state index in [0.717, 1.165) is 23.4 Å². The van der Waals surface area contributed by atoms with E-state index in [4.69, 9.17) is 16.3 Å². The van der Waals surface area contributed by atoms with Crippen LogP contribution >= 0.6 is 11.6 Å². The van der Waals surface area contributed by atoms with Crippen LogP contribution in [0.25, 0.3) is 5.69 Å². The number of nitro benzene ring substituents is 1. The van der Waals surface area contributed by atoms with E-state index in [1.807, 2.05) is 26.8 Å². The standard InChI is InChI=1S/C23H23ClN4O4/c1-4-11-32-20-8-5-17(6-9-20)23(29)26-25-14-18-12-15(2)27(16(18)3)21-10-7-19(24)13-22(21)28(30)31/h5-10,12-14H,4,11H2,1-3H3,(H,26,29)/b25-14+. The first-order valence-corrected chi connectivity index (χ1v) is 10.4. The van der Waals surface area contributed by atoms with Crippen molar-refractivity contribution in [3.05, 3.63) is 86.2 Å². The van der Waals surface area contributed by atoms with Gasteiger partial charge in [-0.05, 0) is 62.7 Å². The molecule has 0 atom stereocenters. The van der Waals surface area contributed by atoms with E-state index in [0.29, 0.717) is 23.6 Å². The number of aromatic nitrogens is 1. The van der Waals surface area contributed by atoms with Crippen LogP contribution in [0.15, 0.2) is 53.6 Å². The van der Waals surface area contributed by atoms with Crippen LogP contribution in [0, 0.1) is 24.0 Å². The molecule has 1 N–H and O–H groups in total. The third-order valence-electron chi connectivity index (χ3n) is 4.80. The van der Waals surface area contributed by atoms with E-state index >= 15 is 0 Å². The Balaban J connectivity index is 1.77. The minimum atomic E-state index is -0.466. The largest absolute Gasteiger partial charge is 0.494 e. The maximum absolute atomic E-state index is 12.3. The van der Waals surface area contributed by atoms with Gasteiger partial charge in [-0.3, -0.25) is 14.9 Å². The minimum Gasteiger partial charge on any atom is -0.494 e. The zero-order chi connectivity index (χ0) is 23.3. The van der Waals surface area contributed by atoms with Gasteiger partial charge in [-0.2, -0.15) is 5.10 Å². The van der Waals surface area contributed by atoms with Gasteiger partial charge in [-0.1, -0.05) is 18.5 Å². The summed E-state index contributed by atoms with van der Waals surface area (Å²) in [4.78, 5) is 23.3. The molecule has 0 saturated heterocycles. The predicted octanol–water partition coefficient (Wildman–Crippen LogP) is 5.21. The molecule has 1 amide bonds. The highest BCUT2D eigenvalue weighted by Crippen LogP contribution is 2.30. The van der Waals surface area contributed by atoms with Gasteiger partial charge in [-0.25, -0.2) is 5.43 Å². The van der Waals surface area contributed by atoms with Crippen LogP contribution in [0.5, 0.6) is 5.75 Å². The number of benzene rings is 2. The lowest BCUT2D eigenvalue weighted by Gasteiger charge is -2.10. The first-order chi connectivity index (χ1) is 15.3. The summed E-state index contributed by atoms with van der Waals surface area (Å²) in [6.07, 6.45) is 2.42. The Hall–Kier alpha value is -3.65. The summed E-state index contributed by atoms with van der Waals surface area (Å²) in [6.45, 7) is 6.30. The number of hydrogen-bond donors (Lipinski definition) is 1. The van der Waals surface area contributed by atoms with Crippen LogP contribution in [0.1, 0.15) is 40.7 Å². The van der Waals surface area contributed by atoms with Crippen molar-refractivity contribution in [2.45, 2.75) is 27.2 Å². The van der Waals surface area contributed by atoms with Crippen molar-refractivity contribution in [1.82, 2.24) is 9.99 Å². The van der Waals surface area contributed by atoms with Gasteiger partial charge in [0.2, 0.25) is 0 Å². The molecule has 0 unspecified atom stereocenters. The first-order valence-electron chi connectivity index (χ1n) is 10.0. The maximum atomic E-state index is 12.3. The molecule has 8 nitrogen and oxygen atoms in total. The highest BCUT2D eigenvalue weighted by molar-refractivity contribution is 6.30. The Labute approximate surface area is 190 Å². The first kappa shape index (κ1) is 23.0. The molecule has 1 heterocycles. The molecule has 0 aliphatic carbocycles. The number of nitrogens with zero attached hydrogens (tertiary/aromatic N) is 3. The average Bonchev–Trinajstić information content (AvgIpc) is 3.05. The van der Waals surface area contributed by atoms with Gasteiger partial charge >= 0.3 is 0 Å². The number of ether oxygens (including phenoxy) is 1. The molecule has 2 aromatic carbocycles. The molecule has 0 fully saturated rings. The fourth-order valence-corrected chi connectivity index (χ4v) is 3.43. The molecule has 1 aromatic heterocycles. The second-order valence-electron chi connectivity index (χ2n) is 7.12. The molecule has 0 aliphatic rings. The fourth-order valence-electron chi connectivity index (χ4n) is 3.27. The lowest BCUT2D eigenvalue weighted by Crippen LogP contribution is -2.17. The summed E-state index contributed by atoms with van der Waals surface area (Å²) in [6, 6.07) is 13.2. The second-order valence-corrected chi connectivity index (χ2v) is 7.56. The Morgan fingerprint density at radius 1 is 1.22 bits per heavy atom. The van der Waals surface area contributed by atoms with E-state index in [1.54, 1.807) is 41.0 Å². The Bertz CT molecular complexity index is 1170. The molecule has 3 rings (SSSR count). The van der Waals surface area contributed by atoms with Gasteiger partial charge in [0.25, 0.3) is 11.6 Å². The molecule has 0 saturated carbocycles. The number of rotatable bonds is 8. The van der Waals surface area contributed by atoms with E-state index in [9.17, 15) is 14.9 Å². The summed E-state index contributed by atoms with van der Waals surface area (Å²) < 4.78 is 7.27. The van der Waals surface area contributed by atoms with Gasteiger partial charge in [0.15, 0.2) is 0 Å². The molecule has 9 heteroatoms. The maximum Gasteiger partial charge on any atom is 0.294 e. The molecular weight excluding hydrogens is 432 g/mol. The van der Waals surface area contributed by atoms with Crippen LogP contribution in [0.2, 0.25) is 5.02 Å². The van der Waals surface area contributed by atoms with Crippen molar-refractivity contribution in [1.29, 1.82) is 0 Å². The summed E-state index contributed by atoms with van der Waals surface area (Å²) in [5.74, 6) is 0.348. The number of amides is 1.